The number of carbonyl (C=O) groups excluding carboxylic acids is 1. The fraction of sp³-hybridized carbons (Fsp3) is 0.476. The molecular weight excluding hydrogens is 431 g/mol. The van der Waals surface area contributed by atoms with Gasteiger partial charge >= 0.3 is 12.1 Å². The van der Waals surface area contributed by atoms with Crippen molar-refractivity contribution in [3.05, 3.63) is 53.3 Å². The van der Waals surface area contributed by atoms with Gasteiger partial charge in [-0.2, -0.15) is 18.3 Å². The Morgan fingerprint density at radius 1 is 1.25 bits per heavy atom. The summed E-state index contributed by atoms with van der Waals surface area (Å²) in [6, 6.07) is 10.2. The van der Waals surface area contributed by atoms with Gasteiger partial charge in [0.25, 0.3) is 0 Å². The van der Waals surface area contributed by atoms with Gasteiger partial charge < -0.3 is 20.3 Å². The molecule has 0 bridgehead atoms. The van der Waals surface area contributed by atoms with Crippen molar-refractivity contribution in [2.75, 3.05) is 19.8 Å². The molecule has 0 saturated heterocycles. The van der Waals surface area contributed by atoms with Crippen molar-refractivity contribution in [1.29, 1.82) is 0 Å². The highest BCUT2D eigenvalue weighted by atomic mass is 19.4. The van der Waals surface area contributed by atoms with Gasteiger partial charge in [-0.05, 0) is 31.4 Å². The molecule has 32 heavy (non-hydrogen) atoms. The SMILES string of the molecule is CC(C)(CO)C(=O)NCC1OCCc2cn(Cc3ccccc3)nc21.O=C(O)C(F)(F)F. The van der Waals surface area contributed by atoms with Crippen LogP contribution >= 0.6 is 0 Å². The predicted octanol–water partition coefficient (Wildman–Crippen LogP) is 2.31. The molecule has 1 aromatic heterocycles. The van der Waals surface area contributed by atoms with Crippen LogP contribution in [0.1, 0.15) is 36.8 Å². The van der Waals surface area contributed by atoms with Crippen molar-refractivity contribution in [1.82, 2.24) is 15.1 Å². The van der Waals surface area contributed by atoms with Gasteiger partial charge in [-0.25, -0.2) is 4.79 Å². The van der Waals surface area contributed by atoms with E-state index < -0.39 is 17.6 Å². The molecule has 1 aliphatic rings. The molecule has 0 radical (unpaired) electrons. The monoisotopic (exact) mass is 457 g/mol. The molecule has 1 aromatic carbocycles. The largest absolute Gasteiger partial charge is 0.490 e. The van der Waals surface area contributed by atoms with Crippen LogP contribution in [0.15, 0.2) is 36.5 Å². The van der Waals surface area contributed by atoms with E-state index >= 15 is 0 Å². The number of aromatic nitrogens is 2. The molecule has 8 nitrogen and oxygen atoms in total. The first-order valence-electron chi connectivity index (χ1n) is 9.85. The van der Waals surface area contributed by atoms with E-state index in [0.717, 1.165) is 12.1 Å². The number of rotatable bonds is 6. The highest BCUT2D eigenvalue weighted by molar-refractivity contribution is 5.81. The number of amides is 1. The number of carboxylic acid groups (broad SMARTS) is 1. The maximum atomic E-state index is 12.1. The van der Waals surface area contributed by atoms with Gasteiger partial charge in [0.1, 0.15) is 6.10 Å². The van der Waals surface area contributed by atoms with Crippen LogP contribution in [0.25, 0.3) is 0 Å². The molecule has 11 heteroatoms. The number of aliphatic hydroxyl groups excluding tert-OH is 1. The summed E-state index contributed by atoms with van der Waals surface area (Å²) in [5.74, 6) is -2.94. The molecule has 0 saturated carbocycles. The van der Waals surface area contributed by atoms with Gasteiger partial charge in [-0.15, -0.1) is 0 Å². The fourth-order valence-corrected chi connectivity index (χ4v) is 2.83. The minimum absolute atomic E-state index is 0.186. The molecule has 1 unspecified atom stereocenters. The number of aliphatic carboxylic acids is 1. The summed E-state index contributed by atoms with van der Waals surface area (Å²) >= 11 is 0. The van der Waals surface area contributed by atoms with Crippen molar-refractivity contribution < 1.29 is 37.7 Å². The second-order valence-electron chi connectivity index (χ2n) is 7.89. The van der Waals surface area contributed by atoms with E-state index in [1.54, 1.807) is 13.8 Å². The third-order valence-corrected chi connectivity index (χ3v) is 4.75. The normalized spacial score (nSPS) is 15.9. The summed E-state index contributed by atoms with van der Waals surface area (Å²) in [5.41, 5.74) is 2.45. The molecule has 0 aliphatic carbocycles. The molecule has 3 N–H and O–H groups in total. The molecule has 2 heterocycles. The van der Waals surface area contributed by atoms with Crippen LogP contribution in [-0.2, 0) is 27.3 Å². The number of benzene rings is 1. The van der Waals surface area contributed by atoms with E-state index in [9.17, 15) is 23.1 Å². The highest BCUT2D eigenvalue weighted by Crippen LogP contribution is 2.26. The number of hydrogen-bond acceptors (Lipinski definition) is 5. The molecule has 176 valence electrons. The van der Waals surface area contributed by atoms with Gasteiger partial charge in [0.2, 0.25) is 5.91 Å². The van der Waals surface area contributed by atoms with Gasteiger partial charge in [-0.3, -0.25) is 9.48 Å². The third-order valence-electron chi connectivity index (χ3n) is 4.75. The first-order valence-corrected chi connectivity index (χ1v) is 9.85. The summed E-state index contributed by atoms with van der Waals surface area (Å²) in [4.78, 5) is 21.0. The lowest BCUT2D eigenvalue weighted by Crippen LogP contribution is -2.41. The maximum Gasteiger partial charge on any atom is 0.490 e. The number of ether oxygens (including phenoxy) is 1. The second kappa shape index (κ2) is 10.6. The molecule has 3 rings (SSSR count). The van der Waals surface area contributed by atoms with Crippen molar-refractivity contribution in [3.63, 3.8) is 0 Å². The molecule has 1 atom stereocenters. The lowest BCUT2D eigenvalue weighted by atomic mass is 9.93. The third kappa shape index (κ3) is 7.06. The quantitative estimate of drug-likeness (QED) is 0.614. The van der Waals surface area contributed by atoms with E-state index in [1.807, 2.05) is 22.9 Å². The van der Waals surface area contributed by atoms with Crippen molar-refractivity contribution in [2.45, 2.75) is 39.1 Å². The summed E-state index contributed by atoms with van der Waals surface area (Å²) in [6.07, 6.45) is -2.44. The van der Waals surface area contributed by atoms with E-state index in [2.05, 4.69) is 28.7 Å². The number of hydrogen-bond donors (Lipinski definition) is 3. The number of carboxylic acids is 1. The minimum atomic E-state index is -5.08. The van der Waals surface area contributed by atoms with Gasteiger partial charge in [0.15, 0.2) is 0 Å². The fourth-order valence-electron chi connectivity index (χ4n) is 2.83. The Kier molecular flexibility index (Phi) is 8.39. The van der Waals surface area contributed by atoms with Crippen molar-refractivity contribution >= 4 is 11.9 Å². The maximum absolute atomic E-state index is 12.1. The molecule has 2 aromatic rings. The minimum Gasteiger partial charge on any atom is -0.475 e. The average molecular weight is 457 g/mol. The van der Waals surface area contributed by atoms with Gasteiger partial charge in [-0.1, -0.05) is 30.3 Å². The van der Waals surface area contributed by atoms with Crippen molar-refractivity contribution in [3.8, 4) is 0 Å². The van der Waals surface area contributed by atoms with Crippen LogP contribution in [0.2, 0.25) is 0 Å². The van der Waals surface area contributed by atoms with Crippen molar-refractivity contribution in [2.24, 2.45) is 5.41 Å². The second-order valence-corrected chi connectivity index (χ2v) is 7.89. The number of halogens is 3. The number of nitrogens with zero attached hydrogens (tertiary/aromatic N) is 2. The Balaban J connectivity index is 0.000000451. The Hall–Kier alpha value is -2.92. The number of aliphatic hydroxyl groups is 1. The van der Waals surface area contributed by atoms with Crippen LogP contribution in [0, 0.1) is 5.41 Å². The summed E-state index contributed by atoms with van der Waals surface area (Å²) < 4.78 is 39.5. The van der Waals surface area contributed by atoms with Crippen LogP contribution in [0.3, 0.4) is 0 Å². The zero-order valence-electron chi connectivity index (χ0n) is 17.7. The molecular formula is C21H26F3N3O5. The van der Waals surface area contributed by atoms with Crippen LogP contribution < -0.4 is 5.32 Å². The number of alkyl halides is 3. The number of fused-ring (bicyclic) bond motifs is 1. The zero-order valence-corrected chi connectivity index (χ0v) is 17.7. The lowest BCUT2D eigenvalue weighted by Gasteiger charge is -2.25. The molecule has 1 aliphatic heterocycles. The predicted molar refractivity (Wildman–Crippen MR) is 108 cm³/mol. The molecule has 0 spiro atoms. The molecule has 0 fully saturated rings. The van der Waals surface area contributed by atoms with Crippen LogP contribution in [0.4, 0.5) is 13.2 Å². The highest BCUT2D eigenvalue weighted by Gasteiger charge is 2.38. The van der Waals surface area contributed by atoms with Gasteiger partial charge in [0, 0.05) is 12.7 Å². The topological polar surface area (TPSA) is 114 Å². The lowest BCUT2D eigenvalue weighted by molar-refractivity contribution is -0.192. The Morgan fingerprint density at radius 2 is 1.88 bits per heavy atom. The number of carbonyl (C=O) groups is 2. The Morgan fingerprint density at radius 3 is 2.44 bits per heavy atom. The summed E-state index contributed by atoms with van der Waals surface area (Å²) in [5, 5.41) is 24.0. The number of nitrogens with one attached hydrogen (secondary N) is 1. The Bertz CT molecular complexity index is 913. The Labute approximate surface area is 183 Å². The van der Waals surface area contributed by atoms with Crippen LogP contribution in [0.5, 0.6) is 0 Å². The zero-order chi connectivity index (χ0) is 23.9. The first-order chi connectivity index (χ1) is 14.9. The van der Waals surface area contributed by atoms with E-state index in [1.165, 1.54) is 11.1 Å². The average Bonchev–Trinajstić information content (AvgIpc) is 3.15. The summed E-state index contributed by atoms with van der Waals surface area (Å²) in [6.45, 7) is 4.92. The van der Waals surface area contributed by atoms with E-state index in [4.69, 9.17) is 14.6 Å². The molecule has 1 amide bonds. The van der Waals surface area contributed by atoms with Crippen LogP contribution in [-0.4, -0.2) is 57.8 Å². The summed E-state index contributed by atoms with van der Waals surface area (Å²) in [7, 11) is 0. The van der Waals surface area contributed by atoms with E-state index in [-0.39, 0.29) is 18.6 Å². The smallest absolute Gasteiger partial charge is 0.475 e. The van der Waals surface area contributed by atoms with E-state index in [0.29, 0.717) is 19.7 Å². The van der Waals surface area contributed by atoms with Gasteiger partial charge in [0.05, 0.1) is 30.9 Å². The first kappa shape index (κ1) is 25.3. The standard InChI is InChI=1S/C19H25N3O3.C2HF3O2/c1-19(2,13-23)18(24)20-10-16-17-15(8-9-25-16)12-22(21-17)11-14-6-4-3-5-7-14;3-2(4,5)1(6)7/h3-7,12,16,23H,8-11,13H2,1-2H3,(H,20,24);(H,6,7).